The Kier molecular flexibility index (Phi) is 4.37. The van der Waals surface area contributed by atoms with E-state index in [9.17, 15) is 14.7 Å². The molecule has 0 spiro atoms. The van der Waals surface area contributed by atoms with Gasteiger partial charge in [-0.2, -0.15) is 0 Å². The van der Waals surface area contributed by atoms with E-state index >= 15 is 0 Å². The Bertz CT molecular complexity index is 383. The van der Waals surface area contributed by atoms with E-state index in [-0.39, 0.29) is 17.9 Å². The summed E-state index contributed by atoms with van der Waals surface area (Å²) in [4.78, 5) is 25.8. The second kappa shape index (κ2) is 5.72. The van der Waals surface area contributed by atoms with Gasteiger partial charge >= 0.3 is 5.97 Å². The Morgan fingerprint density at radius 3 is 2.10 bits per heavy atom. The number of carbonyl (C=O) groups excluding carboxylic acids is 1. The largest absolute Gasteiger partial charge is 0.481 e. The predicted octanol–water partition coefficient (Wildman–Crippen LogP) is 1.62. The highest BCUT2D eigenvalue weighted by Crippen LogP contribution is 2.41. The number of likely N-dealkylation sites (N-methyl/N-ethyl adjacent to an activating group) is 1. The molecule has 0 aliphatic heterocycles. The fourth-order valence-electron chi connectivity index (χ4n) is 3.52. The van der Waals surface area contributed by atoms with E-state index < -0.39 is 11.4 Å². The van der Waals surface area contributed by atoms with Gasteiger partial charge in [0.05, 0.1) is 5.41 Å². The van der Waals surface area contributed by atoms with Crippen LogP contribution < -0.4 is 5.32 Å². The van der Waals surface area contributed by atoms with Crippen molar-refractivity contribution in [3.63, 3.8) is 0 Å². The third-order valence-corrected chi connectivity index (χ3v) is 5.36. The summed E-state index contributed by atoms with van der Waals surface area (Å²) in [6.07, 6.45) is 6.64. The lowest BCUT2D eigenvalue weighted by molar-refractivity contribution is -0.151. The highest BCUT2D eigenvalue weighted by molar-refractivity contribution is 5.85. The minimum Gasteiger partial charge on any atom is -0.481 e. The number of hydrogen-bond donors (Lipinski definition) is 2. The van der Waals surface area contributed by atoms with Crippen molar-refractivity contribution in [3.05, 3.63) is 0 Å². The average molecular weight is 282 g/mol. The van der Waals surface area contributed by atoms with Crippen LogP contribution in [0.2, 0.25) is 0 Å². The molecule has 2 saturated carbocycles. The molecule has 5 nitrogen and oxygen atoms in total. The molecular formula is C15H26N2O3. The Morgan fingerprint density at radius 2 is 1.70 bits per heavy atom. The molecule has 114 valence electrons. The van der Waals surface area contributed by atoms with E-state index in [2.05, 4.69) is 10.2 Å². The van der Waals surface area contributed by atoms with Crippen molar-refractivity contribution in [2.45, 2.75) is 56.9 Å². The average Bonchev–Trinajstić information content (AvgIpc) is 2.76. The summed E-state index contributed by atoms with van der Waals surface area (Å²) in [5.74, 6) is -0.918. The summed E-state index contributed by atoms with van der Waals surface area (Å²) in [6.45, 7) is 0.633. The van der Waals surface area contributed by atoms with Crippen molar-refractivity contribution >= 4 is 11.9 Å². The molecule has 0 aromatic carbocycles. The van der Waals surface area contributed by atoms with Gasteiger partial charge in [-0.05, 0) is 46.2 Å². The second-order valence-electron chi connectivity index (χ2n) is 6.72. The molecule has 0 bridgehead atoms. The summed E-state index contributed by atoms with van der Waals surface area (Å²) in [5.41, 5.74) is -0.725. The van der Waals surface area contributed by atoms with E-state index in [1.54, 1.807) is 0 Å². The monoisotopic (exact) mass is 282 g/mol. The highest BCUT2D eigenvalue weighted by Gasteiger charge is 2.44. The summed E-state index contributed by atoms with van der Waals surface area (Å²) in [6, 6.07) is 0. The standard InChI is InChI=1S/C15H26N2O3/c1-17(2)15(8-5-9-15)11-16-12(18)10-14(13(19)20)6-3-4-7-14/h3-11H2,1-2H3,(H,16,18)(H,19,20). The number of nitrogens with one attached hydrogen (secondary N) is 1. The second-order valence-corrected chi connectivity index (χ2v) is 6.72. The minimum atomic E-state index is -0.811. The topological polar surface area (TPSA) is 69.6 Å². The lowest BCUT2D eigenvalue weighted by Gasteiger charge is -2.47. The molecule has 1 amide bonds. The van der Waals surface area contributed by atoms with Crippen molar-refractivity contribution in [1.82, 2.24) is 10.2 Å². The number of carboxylic acids is 1. The lowest BCUT2D eigenvalue weighted by atomic mass is 9.75. The van der Waals surface area contributed by atoms with Crippen molar-refractivity contribution < 1.29 is 14.7 Å². The maximum absolute atomic E-state index is 12.1. The smallest absolute Gasteiger partial charge is 0.310 e. The molecule has 20 heavy (non-hydrogen) atoms. The van der Waals surface area contributed by atoms with Crippen LogP contribution in [0, 0.1) is 5.41 Å². The van der Waals surface area contributed by atoms with Crippen LogP contribution in [0.15, 0.2) is 0 Å². The van der Waals surface area contributed by atoms with Gasteiger partial charge in [-0.25, -0.2) is 0 Å². The Morgan fingerprint density at radius 1 is 1.10 bits per heavy atom. The van der Waals surface area contributed by atoms with Gasteiger partial charge in [0, 0.05) is 18.5 Å². The molecule has 0 aromatic heterocycles. The van der Waals surface area contributed by atoms with Gasteiger partial charge in [-0.3, -0.25) is 9.59 Å². The molecule has 0 unspecified atom stereocenters. The Hall–Kier alpha value is -1.10. The summed E-state index contributed by atoms with van der Waals surface area (Å²) >= 11 is 0. The van der Waals surface area contributed by atoms with Crippen LogP contribution >= 0.6 is 0 Å². The van der Waals surface area contributed by atoms with E-state index in [0.717, 1.165) is 25.7 Å². The molecule has 2 rings (SSSR count). The molecule has 5 heteroatoms. The van der Waals surface area contributed by atoms with Crippen LogP contribution in [0.4, 0.5) is 0 Å². The van der Waals surface area contributed by atoms with Gasteiger partial charge in [0.15, 0.2) is 0 Å². The van der Waals surface area contributed by atoms with Crippen molar-refractivity contribution in [1.29, 1.82) is 0 Å². The Labute approximate surface area is 120 Å². The normalized spacial score (nSPS) is 23.4. The van der Waals surface area contributed by atoms with E-state index in [1.807, 2.05) is 14.1 Å². The van der Waals surface area contributed by atoms with Crippen LogP contribution in [0.25, 0.3) is 0 Å². The van der Waals surface area contributed by atoms with Gasteiger partial charge in [0.2, 0.25) is 5.91 Å². The van der Waals surface area contributed by atoms with E-state index in [4.69, 9.17) is 0 Å². The number of carboxylic acid groups (broad SMARTS) is 1. The maximum atomic E-state index is 12.1. The molecule has 2 N–H and O–H groups in total. The van der Waals surface area contributed by atoms with Crippen LogP contribution in [-0.4, -0.2) is 48.1 Å². The number of carbonyl (C=O) groups is 2. The van der Waals surface area contributed by atoms with Crippen LogP contribution in [-0.2, 0) is 9.59 Å². The first-order chi connectivity index (χ1) is 9.40. The van der Waals surface area contributed by atoms with Crippen LogP contribution in [0.1, 0.15) is 51.4 Å². The number of hydrogen-bond acceptors (Lipinski definition) is 3. The SMILES string of the molecule is CN(C)C1(CNC(=O)CC2(C(=O)O)CCCC2)CCC1. The zero-order chi connectivity index (χ0) is 14.8. The number of nitrogens with zero attached hydrogens (tertiary/aromatic N) is 1. The lowest BCUT2D eigenvalue weighted by Crippen LogP contribution is -2.57. The molecule has 0 atom stereocenters. The fraction of sp³-hybridized carbons (Fsp3) is 0.867. The van der Waals surface area contributed by atoms with Crippen molar-refractivity contribution in [2.24, 2.45) is 5.41 Å². The van der Waals surface area contributed by atoms with Gasteiger partial charge in [-0.15, -0.1) is 0 Å². The first-order valence-electron chi connectivity index (χ1n) is 7.58. The molecule has 0 heterocycles. The van der Waals surface area contributed by atoms with Crippen LogP contribution in [0.3, 0.4) is 0 Å². The molecule has 2 aliphatic carbocycles. The zero-order valence-electron chi connectivity index (χ0n) is 12.6. The zero-order valence-corrected chi connectivity index (χ0v) is 12.6. The summed E-state index contributed by atoms with van der Waals surface area (Å²) in [7, 11) is 4.09. The fourth-order valence-corrected chi connectivity index (χ4v) is 3.52. The van der Waals surface area contributed by atoms with Gasteiger partial charge in [0.1, 0.15) is 0 Å². The first kappa shape index (κ1) is 15.3. The third kappa shape index (κ3) is 2.82. The molecule has 0 aromatic rings. The molecule has 2 fully saturated rings. The highest BCUT2D eigenvalue weighted by atomic mass is 16.4. The molecule has 2 aliphatic rings. The predicted molar refractivity (Wildman–Crippen MR) is 76.4 cm³/mol. The number of amides is 1. The maximum Gasteiger partial charge on any atom is 0.310 e. The van der Waals surface area contributed by atoms with E-state index in [1.165, 1.54) is 6.42 Å². The minimum absolute atomic E-state index is 0.0850. The summed E-state index contributed by atoms with van der Waals surface area (Å²) in [5, 5.41) is 12.4. The van der Waals surface area contributed by atoms with Crippen molar-refractivity contribution in [2.75, 3.05) is 20.6 Å². The van der Waals surface area contributed by atoms with Gasteiger partial charge in [0.25, 0.3) is 0 Å². The number of aliphatic carboxylic acids is 1. The molecular weight excluding hydrogens is 256 g/mol. The third-order valence-electron chi connectivity index (χ3n) is 5.36. The van der Waals surface area contributed by atoms with E-state index in [0.29, 0.717) is 19.4 Å². The Balaban J connectivity index is 1.87. The van der Waals surface area contributed by atoms with Crippen LogP contribution in [0.5, 0.6) is 0 Å². The van der Waals surface area contributed by atoms with Gasteiger partial charge in [-0.1, -0.05) is 12.8 Å². The quantitative estimate of drug-likeness (QED) is 0.777. The first-order valence-corrected chi connectivity index (χ1v) is 7.58. The molecule has 0 saturated heterocycles. The molecule has 0 radical (unpaired) electrons. The van der Waals surface area contributed by atoms with Crippen molar-refractivity contribution in [3.8, 4) is 0 Å². The van der Waals surface area contributed by atoms with Gasteiger partial charge < -0.3 is 15.3 Å². The summed E-state index contributed by atoms with van der Waals surface area (Å²) < 4.78 is 0. The number of rotatable bonds is 6.